The summed E-state index contributed by atoms with van der Waals surface area (Å²) in [6.45, 7) is 1.07. The first-order chi connectivity index (χ1) is 28.3. The van der Waals surface area contributed by atoms with Crippen LogP contribution in [-0.4, -0.2) is 123 Å². The van der Waals surface area contributed by atoms with Gasteiger partial charge in [0.1, 0.15) is 42.3 Å². The topological polar surface area (TPSA) is 313 Å². The number of benzene rings is 2. The second-order valence-electron chi connectivity index (χ2n) is 13.8. The van der Waals surface area contributed by atoms with Crippen molar-refractivity contribution in [3.05, 3.63) is 90.0 Å². The van der Waals surface area contributed by atoms with Crippen LogP contribution in [0.1, 0.15) is 43.0 Å². The van der Waals surface area contributed by atoms with Crippen molar-refractivity contribution in [2.24, 2.45) is 11.5 Å². The van der Waals surface area contributed by atoms with E-state index in [1.807, 2.05) is 0 Å². The summed E-state index contributed by atoms with van der Waals surface area (Å²) in [5.41, 5.74) is 12.9. The first-order valence-corrected chi connectivity index (χ1v) is 19.7. The molecule has 13 N–H and O–H groups in total. The van der Waals surface area contributed by atoms with Crippen LogP contribution in [-0.2, 0) is 52.8 Å². The van der Waals surface area contributed by atoms with E-state index in [4.69, 9.17) is 11.5 Å². The predicted molar refractivity (Wildman–Crippen MR) is 219 cm³/mol. The van der Waals surface area contributed by atoms with Gasteiger partial charge in [-0.3, -0.25) is 28.8 Å². The molecule has 0 bridgehead atoms. The second kappa shape index (κ2) is 24.8. The average molecular weight is 839 g/mol. The number of nitrogens with one attached hydrogen (secondary N) is 7. The average Bonchev–Trinajstić information content (AvgIpc) is 3.75. The predicted octanol–water partition coefficient (Wildman–Crippen LogP) is -2.17. The molecule has 3 aromatic rings. The van der Waals surface area contributed by atoms with E-state index in [0.717, 1.165) is 0 Å². The quantitative estimate of drug-likeness (QED) is 0.0321. The van der Waals surface area contributed by atoms with Crippen LogP contribution < -0.4 is 43.4 Å². The van der Waals surface area contributed by atoms with E-state index >= 15 is 0 Å². The van der Waals surface area contributed by atoms with Gasteiger partial charge in [-0.1, -0.05) is 60.7 Å². The lowest BCUT2D eigenvalue weighted by molar-refractivity contribution is -0.142. The van der Waals surface area contributed by atoms with E-state index in [2.05, 4.69) is 54.5 Å². The number of carboxylic acid groups (broad SMARTS) is 1. The standard InChI is InChI=1S/C39H54N10O9S/c1-23(33(51)45-28(39(57)58)14-8-9-15-40)44-35(53)29(16-24-10-4-2-5-11-24)46-37(55)31(18-26-19-42-22-43-26)48-36(54)30(17-25-12-6-3-7-13-25)47-38(56)32(21-59)49-34(52)27(41)20-50/h2-7,10-13,19,22-23,27-32,50,59H,8-9,14-18,20-21,40-41H2,1H3,(H,42,43)(H,44,53)(H,45,51)(H,46,55)(H,47,56)(H,48,54)(H,49,52)(H,57,58)/t23-,27-,28-,29-,30-,31-,32-/m0/s1. The highest BCUT2D eigenvalue weighted by Gasteiger charge is 2.33. The number of hydrogen-bond donors (Lipinski definition) is 12. The number of aromatic amines is 1. The van der Waals surface area contributed by atoms with Crippen molar-refractivity contribution in [2.75, 3.05) is 18.9 Å². The molecule has 0 saturated carbocycles. The molecule has 3 rings (SSSR count). The van der Waals surface area contributed by atoms with Crippen molar-refractivity contribution in [3.8, 4) is 0 Å². The fourth-order valence-electron chi connectivity index (χ4n) is 5.74. The van der Waals surface area contributed by atoms with Crippen LogP contribution in [0.3, 0.4) is 0 Å². The van der Waals surface area contributed by atoms with Gasteiger partial charge in [-0.05, 0) is 43.9 Å². The summed E-state index contributed by atoms with van der Waals surface area (Å²) in [6, 6.07) is 8.56. The molecular formula is C39H54N10O9S. The van der Waals surface area contributed by atoms with E-state index in [-0.39, 0.29) is 31.4 Å². The Kier molecular flexibility index (Phi) is 20.0. The number of aliphatic carboxylic acids is 1. The van der Waals surface area contributed by atoms with Crippen LogP contribution in [0, 0.1) is 0 Å². The van der Waals surface area contributed by atoms with Gasteiger partial charge < -0.3 is 58.6 Å². The summed E-state index contributed by atoms with van der Waals surface area (Å²) in [5.74, 6) is -6.12. The SMILES string of the molecule is C[C@H](NC(=O)[C@H](Cc1ccccc1)NC(=O)[C@H](Cc1cnc[nH]1)NC(=O)[C@H](Cc1ccccc1)NC(=O)[C@H](CS)NC(=O)[C@@H](N)CO)C(=O)N[C@@H](CCCCN)C(=O)O. The highest BCUT2D eigenvalue weighted by Crippen LogP contribution is 2.09. The molecule has 2 aromatic carbocycles. The minimum Gasteiger partial charge on any atom is -0.480 e. The van der Waals surface area contributed by atoms with Crippen molar-refractivity contribution in [1.29, 1.82) is 0 Å². The van der Waals surface area contributed by atoms with Gasteiger partial charge in [-0.15, -0.1) is 0 Å². The lowest BCUT2D eigenvalue weighted by Crippen LogP contribution is -2.60. The van der Waals surface area contributed by atoms with Gasteiger partial charge in [0.15, 0.2) is 0 Å². The number of aromatic nitrogens is 2. The third kappa shape index (κ3) is 16.2. The zero-order valence-electron chi connectivity index (χ0n) is 32.6. The largest absolute Gasteiger partial charge is 0.480 e. The molecule has 0 aliphatic heterocycles. The minimum absolute atomic E-state index is 0.0300. The fourth-order valence-corrected chi connectivity index (χ4v) is 6.00. The van der Waals surface area contributed by atoms with Crippen LogP contribution in [0.25, 0.3) is 0 Å². The summed E-state index contributed by atoms with van der Waals surface area (Å²) in [7, 11) is 0. The lowest BCUT2D eigenvalue weighted by Gasteiger charge is -2.27. The molecule has 0 saturated heterocycles. The molecule has 320 valence electrons. The molecule has 0 radical (unpaired) electrons. The first-order valence-electron chi connectivity index (χ1n) is 19.0. The molecule has 7 atom stereocenters. The molecule has 1 heterocycles. The number of aliphatic hydroxyl groups excluding tert-OH is 1. The number of carbonyl (C=O) groups is 7. The van der Waals surface area contributed by atoms with Crippen LogP contribution in [0.4, 0.5) is 0 Å². The van der Waals surface area contributed by atoms with E-state index in [1.54, 1.807) is 60.7 Å². The summed E-state index contributed by atoms with van der Waals surface area (Å²) in [6.07, 6.45) is 3.80. The van der Waals surface area contributed by atoms with Crippen molar-refractivity contribution >= 4 is 54.0 Å². The van der Waals surface area contributed by atoms with Crippen LogP contribution in [0.5, 0.6) is 0 Å². The molecule has 1 aromatic heterocycles. The Morgan fingerprint density at radius 2 is 1.15 bits per heavy atom. The molecule has 0 fully saturated rings. The monoisotopic (exact) mass is 838 g/mol. The maximum atomic E-state index is 14.2. The van der Waals surface area contributed by atoms with Crippen molar-refractivity contribution in [3.63, 3.8) is 0 Å². The number of thiol groups is 1. The Morgan fingerprint density at radius 3 is 1.61 bits per heavy atom. The normalized spacial score (nSPS) is 14.5. The van der Waals surface area contributed by atoms with Gasteiger partial charge in [0, 0.05) is 36.9 Å². The summed E-state index contributed by atoms with van der Waals surface area (Å²) in [4.78, 5) is 99.6. The zero-order valence-corrected chi connectivity index (χ0v) is 33.5. The molecule has 0 unspecified atom stereocenters. The molecule has 20 heteroatoms. The molecule has 19 nitrogen and oxygen atoms in total. The second-order valence-corrected chi connectivity index (χ2v) is 14.2. The summed E-state index contributed by atoms with van der Waals surface area (Å²) in [5, 5.41) is 34.3. The Labute approximate surface area is 347 Å². The van der Waals surface area contributed by atoms with Crippen LogP contribution in [0.15, 0.2) is 73.2 Å². The molecule has 0 aliphatic carbocycles. The minimum atomic E-state index is -1.35. The number of amides is 6. The van der Waals surface area contributed by atoms with Gasteiger partial charge in [-0.25, -0.2) is 9.78 Å². The number of rotatable bonds is 25. The van der Waals surface area contributed by atoms with E-state index < -0.39 is 90.3 Å². The molecule has 0 spiro atoms. The number of nitrogens with two attached hydrogens (primary N) is 2. The molecular weight excluding hydrogens is 785 g/mol. The molecule has 0 aliphatic rings. The lowest BCUT2D eigenvalue weighted by atomic mass is 10.0. The fraction of sp³-hybridized carbons (Fsp3) is 0.436. The number of unbranched alkanes of at least 4 members (excludes halogenated alkanes) is 1. The van der Waals surface area contributed by atoms with Crippen molar-refractivity contribution in [2.45, 2.75) is 87.7 Å². The summed E-state index contributed by atoms with van der Waals surface area (Å²) < 4.78 is 0. The van der Waals surface area contributed by atoms with Crippen LogP contribution in [0.2, 0.25) is 0 Å². The van der Waals surface area contributed by atoms with E-state index in [0.29, 0.717) is 36.2 Å². The Bertz CT molecular complexity index is 1820. The Balaban J connectivity index is 1.87. The van der Waals surface area contributed by atoms with Crippen molar-refractivity contribution in [1.82, 2.24) is 41.9 Å². The highest BCUT2D eigenvalue weighted by molar-refractivity contribution is 7.80. The molecule has 59 heavy (non-hydrogen) atoms. The van der Waals surface area contributed by atoms with E-state index in [1.165, 1.54) is 19.4 Å². The Morgan fingerprint density at radius 1 is 0.678 bits per heavy atom. The number of H-pyrrole nitrogens is 1. The van der Waals surface area contributed by atoms with Crippen molar-refractivity contribution < 1.29 is 43.8 Å². The maximum Gasteiger partial charge on any atom is 0.326 e. The number of aliphatic hydroxyl groups is 1. The Hall–Kier alpha value is -5.83. The third-order valence-electron chi connectivity index (χ3n) is 9.11. The van der Waals surface area contributed by atoms with Crippen LogP contribution >= 0.6 is 12.6 Å². The number of carbonyl (C=O) groups excluding carboxylic acids is 6. The third-order valence-corrected chi connectivity index (χ3v) is 9.47. The molecule has 6 amide bonds. The highest BCUT2D eigenvalue weighted by atomic mass is 32.1. The first kappa shape index (κ1) is 47.5. The smallest absolute Gasteiger partial charge is 0.326 e. The number of imidazole rings is 1. The van der Waals surface area contributed by atoms with Gasteiger partial charge in [-0.2, -0.15) is 12.6 Å². The van der Waals surface area contributed by atoms with Gasteiger partial charge in [0.25, 0.3) is 0 Å². The van der Waals surface area contributed by atoms with Gasteiger partial charge >= 0.3 is 5.97 Å². The number of carboxylic acids is 1. The van der Waals surface area contributed by atoms with E-state index in [9.17, 15) is 43.8 Å². The number of hydrogen-bond acceptors (Lipinski definition) is 12. The van der Waals surface area contributed by atoms with Gasteiger partial charge in [0.05, 0.1) is 12.9 Å². The zero-order chi connectivity index (χ0) is 43.3. The summed E-state index contributed by atoms with van der Waals surface area (Å²) >= 11 is 4.16. The number of nitrogens with zero attached hydrogens (tertiary/aromatic N) is 1. The van der Waals surface area contributed by atoms with Gasteiger partial charge in [0.2, 0.25) is 35.4 Å². The maximum absolute atomic E-state index is 14.2.